The van der Waals surface area contributed by atoms with E-state index in [0.717, 1.165) is 18.9 Å². The van der Waals surface area contributed by atoms with Crippen molar-refractivity contribution < 1.29 is 10.0 Å². The molecule has 6 nitrogen and oxygen atoms in total. The van der Waals surface area contributed by atoms with Gasteiger partial charge in [-0.1, -0.05) is 0 Å². The highest BCUT2D eigenvalue weighted by atomic mass is 16.6. The summed E-state index contributed by atoms with van der Waals surface area (Å²) in [6, 6.07) is 0. The molecule has 0 radical (unpaired) electrons. The molecule has 0 spiro atoms. The van der Waals surface area contributed by atoms with Crippen LogP contribution in [-0.4, -0.2) is 28.4 Å². The molecule has 0 aromatic carbocycles. The summed E-state index contributed by atoms with van der Waals surface area (Å²) in [6.07, 6.45) is 3.84. The van der Waals surface area contributed by atoms with Crippen LogP contribution < -0.4 is 5.73 Å². The zero-order chi connectivity index (χ0) is 9.90. The summed E-state index contributed by atoms with van der Waals surface area (Å²) in [4.78, 5) is 13.1. The van der Waals surface area contributed by atoms with Gasteiger partial charge >= 0.3 is 5.82 Å². The third kappa shape index (κ3) is 3.20. The van der Waals surface area contributed by atoms with Crippen LogP contribution in [0.15, 0.2) is 16.9 Å². The first-order valence-electron chi connectivity index (χ1n) is 3.86. The van der Waals surface area contributed by atoms with Gasteiger partial charge in [-0.2, -0.15) is 0 Å². The number of rotatable bonds is 4. The third-order valence-corrected chi connectivity index (χ3v) is 1.77. The minimum Gasteiger partial charge on any atom is -0.388 e. The van der Waals surface area contributed by atoms with Gasteiger partial charge in [-0.25, -0.2) is 0 Å². The van der Waals surface area contributed by atoms with Crippen molar-refractivity contribution in [3.05, 3.63) is 22.0 Å². The summed E-state index contributed by atoms with van der Waals surface area (Å²) in [7, 11) is 0. The van der Waals surface area contributed by atoms with Gasteiger partial charge in [0.25, 0.3) is 0 Å². The number of allylic oxidation sites excluding steroid dienone is 1. The van der Waals surface area contributed by atoms with Crippen molar-refractivity contribution in [3.63, 3.8) is 0 Å². The van der Waals surface area contributed by atoms with Gasteiger partial charge in [0.05, 0.1) is 12.1 Å². The molecule has 0 heterocycles. The number of nitrogens with two attached hydrogens (primary N) is 1. The van der Waals surface area contributed by atoms with Crippen LogP contribution in [0.4, 0.5) is 0 Å². The van der Waals surface area contributed by atoms with Crippen LogP contribution >= 0.6 is 0 Å². The summed E-state index contributed by atoms with van der Waals surface area (Å²) in [5, 5.41) is 19.3. The lowest BCUT2D eigenvalue weighted by atomic mass is 10.3. The highest BCUT2D eigenvalue weighted by Gasteiger charge is 2.39. The molecule has 0 aromatic heterocycles. The monoisotopic (exact) mass is 185 g/mol. The van der Waals surface area contributed by atoms with Crippen LogP contribution in [0.25, 0.3) is 0 Å². The lowest BCUT2D eigenvalue weighted by molar-refractivity contribution is -0.426. The molecule has 1 saturated carbocycles. The van der Waals surface area contributed by atoms with Crippen molar-refractivity contribution in [1.82, 2.24) is 0 Å². The van der Waals surface area contributed by atoms with Crippen LogP contribution in [-0.2, 0) is 0 Å². The topological polar surface area (TPSA) is 102 Å². The van der Waals surface area contributed by atoms with Crippen LogP contribution in [0.1, 0.15) is 12.8 Å². The number of hydrogen-bond donors (Lipinski definition) is 2. The fraction of sp³-hybridized carbons (Fsp3) is 0.571. The molecule has 1 aliphatic carbocycles. The SMILES string of the molecule is NC(=CC=NCC1(O)CC1)[N+](=O)[O-]. The van der Waals surface area contributed by atoms with Crippen LogP contribution in [0.2, 0.25) is 0 Å². The lowest BCUT2D eigenvalue weighted by Crippen LogP contribution is -2.11. The molecule has 1 aliphatic rings. The van der Waals surface area contributed by atoms with Gasteiger partial charge in [-0.05, 0) is 17.8 Å². The molecule has 0 bridgehead atoms. The van der Waals surface area contributed by atoms with E-state index in [1.165, 1.54) is 6.21 Å². The van der Waals surface area contributed by atoms with E-state index in [1.807, 2.05) is 0 Å². The molecule has 6 heteroatoms. The van der Waals surface area contributed by atoms with E-state index in [9.17, 15) is 15.2 Å². The normalized spacial score (nSPS) is 20.5. The predicted octanol–water partition coefficient (Wildman–Crippen LogP) is -0.341. The standard InChI is InChI=1S/C7H11N3O3/c8-6(10(12)13)1-4-9-5-7(11)2-3-7/h1,4,11H,2-3,5,8H2. The molecule has 1 rings (SSSR count). The molecule has 3 N–H and O–H groups in total. The van der Waals surface area contributed by atoms with Crippen molar-refractivity contribution in [2.75, 3.05) is 6.54 Å². The van der Waals surface area contributed by atoms with Crippen molar-refractivity contribution >= 4 is 6.21 Å². The summed E-state index contributed by atoms with van der Waals surface area (Å²) in [6.45, 7) is 0.286. The largest absolute Gasteiger partial charge is 0.388 e. The molecule has 0 amide bonds. The molecule has 0 saturated heterocycles. The Morgan fingerprint density at radius 3 is 2.85 bits per heavy atom. The van der Waals surface area contributed by atoms with Crippen molar-refractivity contribution in [2.24, 2.45) is 10.7 Å². The van der Waals surface area contributed by atoms with Gasteiger partial charge in [0.1, 0.15) is 0 Å². The second kappa shape index (κ2) is 3.53. The molecule has 0 aromatic rings. The summed E-state index contributed by atoms with van der Waals surface area (Å²) in [5.41, 5.74) is 4.33. The van der Waals surface area contributed by atoms with Crippen molar-refractivity contribution in [2.45, 2.75) is 18.4 Å². The van der Waals surface area contributed by atoms with Gasteiger partial charge in [0, 0.05) is 12.3 Å². The molecular weight excluding hydrogens is 174 g/mol. The zero-order valence-electron chi connectivity index (χ0n) is 7.01. The number of aliphatic hydroxyl groups is 1. The average Bonchev–Trinajstić information content (AvgIpc) is 2.78. The van der Waals surface area contributed by atoms with E-state index in [4.69, 9.17) is 5.73 Å². The Bertz CT molecular complexity index is 268. The van der Waals surface area contributed by atoms with Gasteiger partial charge in [-0.15, -0.1) is 0 Å². The quantitative estimate of drug-likeness (QED) is 0.355. The Morgan fingerprint density at radius 2 is 2.38 bits per heavy atom. The minimum atomic E-state index is -0.697. The first kappa shape index (κ1) is 9.66. The maximum atomic E-state index is 10.0. The minimum absolute atomic E-state index is 0.286. The predicted molar refractivity (Wildman–Crippen MR) is 46.8 cm³/mol. The highest BCUT2D eigenvalue weighted by Crippen LogP contribution is 2.34. The van der Waals surface area contributed by atoms with Crippen LogP contribution in [0, 0.1) is 10.1 Å². The second-order valence-electron chi connectivity index (χ2n) is 3.06. The Morgan fingerprint density at radius 1 is 1.77 bits per heavy atom. The van der Waals surface area contributed by atoms with Crippen molar-refractivity contribution in [1.29, 1.82) is 0 Å². The first-order valence-corrected chi connectivity index (χ1v) is 3.86. The molecule has 0 aliphatic heterocycles. The van der Waals surface area contributed by atoms with Crippen LogP contribution in [0.5, 0.6) is 0 Å². The molecular formula is C7H11N3O3. The van der Waals surface area contributed by atoms with E-state index in [1.54, 1.807) is 0 Å². The number of aliphatic imine (C=N–C) groups is 1. The van der Waals surface area contributed by atoms with Gasteiger partial charge in [0.2, 0.25) is 0 Å². The van der Waals surface area contributed by atoms with E-state index in [-0.39, 0.29) is 6.54 Å². The molecule has 0 atom stereocenters. The van der Waals surface area contributed by atoms with Gasteiger partial charge < -0.3 is 15.2 Å². The fourth-order valence-corrected chi connectivity index (χ4v) is 0.715. The Kier molecular flexibility index (Phi) is 2.62. The Balaban J connectivity index is 2.32. The van der Waals surface area contributed by atoms with Crippen molar-refractivity contribution in [3.8, 4) is 0 Å². The van der Waals surface area contributed by atoms with Gasteiger partial charge in [-0.3, -0.25) is 10.7 Å². The zero-order valence-corrected chi connectivity index (χ0v) is 7.01. The third-order valence-electron chi connectivity index (χ3n) is 1.77. The Hall–Kier alpha value is -1.43. The maximum Gasteiger partial charge on any atom is 0.315 e. The number of hydrogen-bond acceptors (Lipinski definition) is 5. The number of nitro groups is 1. The first-order chi connectivity index (χ1) is 6.03. The number of nitrogens with zero attached hydrogens (tertiary/aromatic N) is 2. The van der Waals surface area contributed by atoms with E-state index in [2.05, 4.69) is 4.99 Å². The van der Waals surface area contributed by atoms with Gasteiger partial charge in [0.15, 0.2) is 0 Å². The van der Waals surface area contributed by atoms with Crippen LogP contribution in [0.3, 0.4) is 0 Å². The molecule has 72 valence electrons. The molecule has 1 fully saturated rings. The van der Waals surface area contributed by atoms with E-state index >= 15 is 0 Å². The molecule has 13 heavy (non-hydrogen) atoms. The smallest absolute Gasteiger partial charge is 0.315 e. The Labute approximate surface area is 74.9 Å². The summed E-state index contributed by atoms with van der Waals surface area (Å²) >= 11 is 0. The van der Waals surface area contributed by atoms with E-state index < -0.39 is 16.3 Å². The summed E-state index contributed by atoms with van der Waals surface area (Å²) in [5.74, 6) is -0.452. The lowest BCUT2D eigenvalue weighted by Gasteiger charge is -1.99. The second-order valence-corrected chi connectivity index (χ2v) is 3.06. The fourth-order valence-electron chi connectivity index (χ4n) is 0.715. The maximum absolute atomic E-state index is 10.0. The van der Waals surface area contributed by atoms with E-state index in [0.29, 0.717) is 0 Å². The average molecular weight is 185 g/mol. The molecule has 0 unspecified atom stereocenters. The summed E-state index contributed by atoms with van der Waals surface area (Å²) < 4.78 is 0. The highest BCUT2D eigenvalue weighted by molar-refractivity contribution is 5.71.